The average Bonchev–Trinajstić information content (AvgIpc) is 3.23. The van der Waals surface area contributed by atoms with Gasteiger partial charge in [-0.15, -0.1) is 0 Å². The summed E-state index contributed by atoms with van der Waals surface area (Å²) < 4.78 is 11.3. The molecule has 4 rings (SSSR count). The standard InChI is InChI=1S/C21H28N4O3/c22-20(17-6-12-27-13-7-17)21(26)25-10-8-24(9-11-25)15-19-23-14-18(28-19)16-4-2-1-3-5-16/h1-5,14,17,20H,6-13,15,22H2. The van der Waals surface area contributed by atoms with Gasteiger partial charge in [0.25, 0.3) is 0 Å². The summed E-state index contributed by atoms with van der Waals surface area (Å²) in [6.07, 6.45) is 3.53. The van der Waals surface area contributed by atoms with E-state index in [0.29, 0.717) is 38.7 Å². The van der Waals surface area contributed by atoms with Crippen LogP contribution in [0.25, 0.3) is 11.3 Å². The molecule has 0 aliphatic carbocycles. The van der Waals surface area contributed by atoms with E-state index in [2.05, 4.69) is 9.88 Å². The molecule has 2 saturated heterocycles. The van der Waals surface area contributed by atoms with Crippen LogP contribution in [-0.2, 0) is 16.1 Å². The van der Waals surface area contributed by atoms with Crippen LogP contribution in [0, 0.1) is 5.92 Å². The highest BCUT2D eigenvalue weighted by atomic mass is 16.5. The molecule has 2 fully saturated rings. The molecule has 28 heavy (non-hydrogen) atoms. The highest BCUT2D eigenvalue weighted by Gasteiger charge is 2.31. The molecule has 7 nitrogen and oxygen atoms in total. The normalized spacial score (nSPS) is 20.2. The molecular weight excluding hydrogens is 356 g/mol. The van der Waals surface area contributed by atoms with Crippen molar-refractivity contribution in [1.82, 2.24) is 14.8 Å². The number of hydrogen-bond donors (Lipinski definition) is 1. The number of carbonyl (C=O) groups is 1. The van der Waals surface area contributed by atoms with Crippen molar-refractivity contribution in [1.29, 1.82) is 0 Å². The van der Waals surface area contributed by atoms with Crippen LogP contribution in [0.1, 0.15) is 18.7 Å². The highest BCUT2D eigenvalue weighted by molar-refractivity contribution is 5.82. The van der Waals surface area contributed by atoms with E-state index in [4.69, 9.17) is 14.9 Å². The Balaban J connectivity index is 1.27. The number of aromatic nitrogens is 1. The van der Waals surface area contributed by atoms with Crippen LogP contribution in [0.15, 0.2) is 40.9 Å². The lowest BCUT2D eigenvalue weighted by Crippen LogP contribution is -2.55. The zero-order valence-corrected chi connectivity index (χ0v) is 16.1. The highest BCUT2D eigenvalue weighted by Crippen LogP contribution is 2.22. The van der Waals surface area contributed by atoms with Crippen LogP contribution in [-0.4, -0.2) is 66.1 Å². The Morgan fingerprint density at radius 2 is 1.86 bits per heavy atom. The topological polar surface area (TPSA) is 84.8 Å². The SMILES string of the molecule is NC(C(=O)N1CCN(Cc2ncc(-c3ccccc3)o2)CC1)C1CCOCC1. The maximum absolute atomic E-state index is 12.7. The fourth-order valence-electron chi connectivity index (χ4n) is 3.92. The quantitative estimate of drug-likeness (QED) is 0.845. The number of nitrogens with zero attached hydrogens (tertiary/aromatic N) is 3. The number of benzene rings is 1. The number of oxazole rings is 1. The van der Waals surface area contributed by atoms with E-state index in [1.807, 2.05) is 35.2 Å². The molecule has 1 amide bonds. The van der Waals surface area contributed by atoms with Crippen molar-refractivity contribution in [3.8, 4) is 11.3 Å². The molecule has 150 valence electrons. The van der Waals surface area contributed by atoms with Crippen molar-refractivity contribution >= 4 is 5.91 Å². The number of rotatable bonds is 5. The van der Waals surface area contributed by atoms with E-state index in [0.717, 1.165) is 37.3 Å². The van der Waals surface area contributed by atoms with Crippen molar-refractivity contribution in [2.24, 2.45) is 11.7 Å². The van der Waals surface area contributed by atoms with Crippen molar-refractivity contribution in [2.75, 3.05) is 39.4 Å². The first-order valence-corrected chi connectivity index (χ1v) is 10.1. The van der Waals surface area contributed by atoms with Gasteiger partial charge in [0.05, 0.1) is 18.8 Å². The second-order valence-electron chi connectivity index (χ2n) is 7.56. The summed E-state index contributed by atoms with van der Waals surface area (Å²) in [5, 5.41) is 0. The molecule has 2 aromatic rings. The Bertz CT molecular complexity index is 765. The lowest BCUT2D eigenvalue weighted by atomic mass is 9.91. The molecule has 0 radical (unpaired) electrons. The van der Waals surface area contributed by atoms with Crippen LogP contribution in [0.2, 0.25) is 0 Å². The van der Waals surface area contributed by atoms with E-state index < -0.39 is 6.04 Å². The van der Waals surface area contributed by atoms with Gasteiger partial charge in [0.1, 0.15) is 0 Å². The monoisotopic (exact) mass is 384 g/mol. The molecule has 0 bridgehead atoms. The van der Waals surface area contributed by atoms with Crippen molar-refractivity contribution < 1.29 is 13.9 Å². The second kappa shape index (κ2) is 8.86. The molecule has 2 aliphatic heterocycles. The van der Waals surface area contributed by atoms with Gasteiger partial charge in [-0.05, 0) is 18.8 Å². The molecule has 1 unspecified atom stereocenters. The predicted octanol–water partition coefficient (Wildman–Crippen LogP) is 1.74. The number of amides is 1. The number of hydrogen-bond acceptors (Lipinski definition) is 6. The lowest BCUT2D eigenvalue weighted by Gasteiger charge is -2.37. The summed E-state index contributed by atoms with van der Waals surface area (Å²) in [5.41, 5.74) is 7.28. The van der Waals surface area contributed by atoms with Crippen LogP contribution < -0.4 is 5.73 Å². The fourth-order valence-corrected chi connectivity index (χ4v) is 3.92. The van der Waals surface area contributed by atoms with E-state index >= 15 is 0 Å². The van der Waals surface area contributed by atoms with Crippen LogP contribution in [0.5, 0.6) is 0 Å². The largest absolute Gasteiger partial charge is 0.439 e. The first-order chi connectivity index (χ1) is 13.7. The number of carbonyl (C=O) groups excluding carboxylic acids is 1. The summed E-state index contributed by atoms with van der Waals surface area (Å²) in [7, 11) is 0. The molecular formula is C21H28N4O3. The number of ether oxygens (including phenoxy) is 1. The van der Waals surface area contributed by atoms with Gasteiger partial charge in [-0.1, -0.05) is 30.3 Å². The van der Waals surface area contributed by atoms with Gasteiger partial charge in [0, 0.05) is 45.0 Å². The third-order valence-electron chi connectivity index (χ3n) is 5.71. The number of piperazine rings is 1. The predicted molar refractivity (Wildman–Crippen MR) is 105 cm³/mol. The summed E-state index contributed by atoms with van der Waals surface area (Å²) in [6.45, 7) is 5.07. The smallest absolute Gasteiger partial charge is 0.239 e. The van der Waals surface area contributed by atoms with Gasteiger partial charge in [-0.2, -0.15) is 0 Å². The lowest BCUT2D eigenvalue weighted by molar-refractivity contribution is -0.136. The van der Waals surface area contributed by atoms with E-state index in [1.54, 1.807) is 6.20 Å². The summed E-state index contributed by atoms with van der Waals surface area (Å²) in [6, 6.07) is 9.57. The van der Waals surface area contributed by atoms with Gasteiger partial charge in [-0.25, -0.2) is 4.98 Å². The Morgan fingerprint density at radius 1 is 1.14 bits per heavy atom. The van der Waals surface area contributed by atoms with Crippen LogP contribution in [0.3, 0.4) is 0 Å². The number of nitrogens with two attached hydrogens (primary N) is 1. The van der Waals surface area contributed by atoms with E-state index in [1.165, 1.54) is 0 Å². The van der Waals surface area contributed by atoms with Crippen molar-refractivity contribution in [2.45, 2.75) is 25.4 Å². The third-order valence-corrected chi connectivity index (χ3v) is 5.71. The molecule has 7 heteroatoms. The van der Waals surface area contributed by atoms with E-state index in [9.17, 15) is 4.79 Å². The molecule has 0 spiro atoms. The van der Waals surface area contributed by atoms with E-state index in [-0.39, 0.29) is 11.8 Å². The average molecular weight is 384 g/mol. The summed E-state index contributed by atoms with van der Waals surface area (Å²) in [4.78, 5) is 21.3. The van der Waals surface area contributed by atoms with Gasteiger partial charge >= 0.3 is 0 Å². The van der Waals surface area contributed by atoms with Crippen molar-refractivity contribution in [3.05, 3.63) is 42.4 Å². The molecule has 2 aliphatic rings. The Labute approximate surface area is 165 Å². The zero-order valence-electron chi connectivity index (χ0n) is 16.1. The van der Waals surface area contributed by atoms with Gasteiger partial charge in [0.15, 0.2) is 5.76 Å². The molecule has 2 N–H and O–H groups in total. The minimum Gasteiger partial charge on any atom is -0.439 e. The van der Waals surface area contributed by atoms with Crippen LogP contribution in [0.4, 0.5) is 0 Å². The minimum absolute atomic E-state index is 0.0778. The fraction of sp³-hybridized carbons (Fsp3) is 0.524. The first-order valence-electron chi connectivity index (χ1n) is 10.1. The minimum atomic E-state index is -0.407. The zero-order chi connectivity index (χ0) is 19.3. The second-order valence-corrected chi connectivity index (χ2v) is 7.56. The maximum Gasteiger partial charge on any atom is 0.239 e. The molecule has 0 saturated carbocycles. The van der Waals surface area contributed by atoms with Crippen LogP contribution >= 0.6 is 0 Å². The van der Waals surface area contributed by atoms with Gasteiger partial charge in [-0.3, -0.25) is 9.69 Å². The summed E-state index contributed by atoms with van der Waals surface area (Å²) in [5.74, 6) is 1.81. The molecule has 3 heterocycles. The summed E-state index contributed by atoms with van der Waals surface area (Å²) >= 11 is 0. The molecule has 1 aromatic carbocycles. The van der Waals surface area contributed by atoms with Gasteiger partial charge < -0.3 is 19.8 Å². The third kappa shape index (κ3) is 4.43. The Morgan fingerprint density at radius 3 is 2.57 bits per heavy atom. The first kappa shape index (κ1) is 19.1. The Hall–Kier alpha value is -2.22. The van der Waals surface area contributed by atoms with Gasteiger partial charge in [0.2, 0.25) is 11.8 Å². The Kier molecular flexibility index (Phi) is 6.04. The molecule has 1 aromatic heterocycles. The maximum atomic E-state index is 12.7. The molecule has 1 atom stereocenters. The van der Waals surface area contributed by atoms with Crippen molar-refractivity contribution in [3.63, 3.8) is 0 Å².